The molecule has 1 aliphatic heterocycles. The third kappa shape index (κ3) is 5.58. The van der Waals surface area contributed by atoms with E-state index in [1.807, 2.05) is 58.0 Å². The van der Waals surface area contributed by atoms with Gasteiger partial charge in [-0.25, -0.2) is 0 Å². The molecule has 0 bridgehead atoms. The minimum atomic E-state index is -0.0109. The van der Waals surface area contributed by atoms with E-state index in [4.69, 9.17) is 4.74 Å². The van der Waals surface area contributed by atoms with Gasteiger partial charge in [-0.3, -0.25) is 14.7 Å². The molecule has 0 N–H and O–H groups in total. The molecular formula is C27H26Br2N2O2S. The quantitative estimate of drug-likeness (QED) is 0.269. The molecule has 3 aromatic carbocycles. The number of amides is 1. The van der Waals surface area contributed by atoms with E-state index in [0.717, 1.165) is 31.0 Å². The fraction of sp³-hybridized carbons (Fsp3) is 0.259. The van der Waals surface area contributed by atoms with Crippen LogP contribution in [0.2, 0.25) is 0 Å². The number of benzene rings is 3. The van der Waals surface area contributed by atoms with E-state index in [9.17, 15) is 4.79 Å². The predicted molar refractivity (Wildman–Crippen MR) is 150 cm³/mol. The highest BCUT2D eigenvalue weighted by molar-refractivity contribution is 9.11. The van der Waals surface area contributed by atoms with Gasteiger partial charge in [-0.1, -0.05) is 36.4 Å². The molecule has 0 atom stereocenters. The van der Waals surface area contributed by atoms with Crippen molar-refractivity contribution in [2.24, 2.45) is 4.99 Å². The lowest BCUT2D eigenvalue weighted by Gasteiger charge is -2.20. The van der Waals surface area contributed by atoms with Crippen LogP contribution in [-0.2, 0) is 11.4 Å². The van der Waals surface area contributed by atoms with Crippen LogP contribution in [0.25, 0.3) is 16.8 Å². The standard InChI is InChI=1S/C27H26Br2N2O2S/c1-16(2)30-27-31(17(3)4)26(32)24(34-27)14-19-12-22(28)25(23(29)13-19)33-15-18-9-10-20-7-5-6-8-21(20)11-18/h5-14,16-17H,15H2,1-4H3/b24-14+,30-27?. The zero-order chi connectivity index (χ0) is 24.4. The third-order valence-corrected chi connectivity index (χ3v) is 7.41. The van der Waals surface area contributed by atoms with E-state index in [0.29, 0.717) is 11.5 Å². The number of rotatable bonds is 6. The fourth-order valence-electron chi connectivity index (χ4n) is 3.69. The van der Waals surface area contributed by atoms with Gasteiger partial charge in [0.05, 0.1) is 13.9 Å². The van der Waals surface area contributed by atoms with Crippen molar-refractivity contribution in [3.8, 4) is 5.75 Å². The number of carbonyl (C=O) groups excluding carboxylic acids is 1. The zero-order valence-corrected chi connectivity index (χ0v) is 23.5. The van der Waals surface area contributed by atoms with Gasteiger partial charge in [-0.05, 0) is 117 Å². The molecule has 0 saturated carbocycles. The van der Waals surface area contributed by atoms with Gasteiger partial charge >= 0.3 is 0 Å². The Hall–Kier alpha value is -2.09. The van der Waals surface area contributed by atoms with Crippen molar-refractivity contribution in [2.45, 2.75) is 46.4 Å². The number of ether oxygens (including phenoxy) is 1. The Labute approximate surface area is 221 Å². The number of aliphatic imine (C=N–C) groups is 1. The van der Waals surface area contributed by atoms with Crippen LogP contribution in [0.5, 0.6) is 5.75 Å². The number of hydrogen-bond acceptors (Lipinski definition) is 4. The number of amidine groups is 1. The second-order valence-corrected chi connectivity index (χ2v) is 11.4. The summed E-state index contributed by atoms with van der Waals surface area (Å²) >= 11 is 8.72. The molecule has 4 nitrogen and oxygen atoms in total. The maximum Gasteiger partial charge on any atom is 0.266 e. The maximum atomic E-state index is 13.0. The first-order valence-corrected chi connectivity index (χ1v) is 13.5. The van der Waals surface area contributed by atoms with Crippen LogP contribution in [0, 0.1) is 0 Å². The molecule has 1 aliphatic rings. The fourth-order valence-corrected chi connectivity index (χ4v) is 6.37. The number of halogens is 2. The molecule has 34 heavy (non-hydrogen) atoms. The first-order chi connectivity index (χ1) is 16.2. The Balaban J connectivity index is 1.55. The van der Waals surface area contributed by atoms with Crippen LogP contribution >= 0.6 is 43.6 Å². The SMILES string of the molecule is CC(C)N=C1S/C(=C/c2cc(Br)c(OCc3ccc4ccccc4c3)c(Br)c2)C(=O)N1C(C)C. The smallest absolute Gasteiger partial charge is 0.266 e. The number of hydrogen-bond donors (Lipinski definition) is 0. The maximum absolute atomic E-state index is 13.0. The van der Waals surface area contributed by atoms with Crippen molar-refractivity contribution >= 4 is 71.5 Å². The molecule has 1 heterocycles. The highest BCUT2D eigenvalue weighted by Crippen LogP contribution is 2.39. The lowest BCUT2D eigenvalue weighted by molar-refractivity contribution is -0.123. The molecule has 1 amide bonds. The zero-order valence-electron chi connectivity index (χ0n) is 19.5. The van der Waals surface area contributed by atoms with E-state index < -0.39 is 0 Å². The average molecular weight is 602 g/mol. The van der Waals surface area contributed by atoms with Crippen molar-refractivity contribution in [3.63, 3.8) is 0 Å². The van der Waals surface area contributed by atoms with Gasteiger partial charge in [0.15, 0.2) is 5.17 Å². The average Bonchev–Trinajstić information content (AvgIpc) is 3.07. The molecule has 1 saturated heterocycles. The van der Waals surface area contributed by atoms with Gasteiger partial charge in [0.25, 0.3) is 5.91 Å². The molecule has 3 aromatic rings. The van der Waals surface area contributed by atoms with Gasteiger partial charge in [0.2, 0.25) is 0 Å². The molecule has 1 fully saturated rings. The van der Waals surface area contributed by atoms with Gasteiger partial charge in [0, 0.05) is 12.1 Å². The van der Waals surface area contributed by atoms with E-state index in [2.05, 4.69) is 67.2 Å². The second-order valence-electron chi connectivity index (χ2n) is 8.67. The van der Waals surface area contributed by atoms with Crippen molar-refractivity contribution in [1.29, 1.82) is 0 Å². The van der Waals surface area contributed by atoms with Crippen LogP contribution in [0.1, 0.15) is 38.8 Å². The van der Waals surface area contributed by atoms with E-state index in [1.54, 1.807) is 4.90 Å². The van der Waals surface area contributed by atoms with Crippen LogP contribution in [0.3, 0.4) is 0 Å². The Morgan fingerprint density at radius 2 is 1.68 bits per heavy atom. The second kappa shape index (κ2) is 10.7. The summed E-state index contributed by atoms with van der Waals surface area (Å²) in [5.41, 5.74) is 2.00. The highest BCUT2D eigenvalue weighted by Gasteiger charge is 2.35. The minimum absolute atomic E-state index is 0.0109. The number of fused-ring (bicyclic) bond motifs is 1. The summed E-state index contributed by atoms with van der Waals surface area (Å²) in [4.78, 5) is 20.1. The van der Waals surface area contributed by atoms with Crippen molar-refractivity contribution in [3.05, 3.63) is 79.6 Å². The molecule has 0 aromatic heterocycles. The topological polar surface area (TPSA) is 41.9 Å². The van der Waals surface area contributed by atoms with E-state index in [-0.39, 0.29) is 18.0 Å². The Bertz CT molecular complexity index is 1280. The largest absolute Gasteiger partial charge is 0.487 e. The summed E-state index contributed by atoms with van der Waals surface area (Å²) in [5, 5.41) is 3.16. The van der Waals surface area contributed by atoms with Crippen LogP contribution < -0.4 is 4.74 Å². The summed E-state index contributed by atoms with van der Waals surface area (Å²) in [6.07, 6.45) is 1.91. The van der Waals surface area contributed by atoms with Gasteiger partial charge in [-0.2, -0.15) is 0 Å². The normalized spacial score (nSPS) is 16.6. The Morgan fingerprint density at radius 1 is 1.00 bits per heavy atom. The van der Waals surface area contributed by atoms with Crippen molar-refractivity contribution < 1.29 is 9.53 Å². The van der Waals surface area contributed by atoms with Gasteiger partial charge in [-0.15, -0.1) is 0 Å². The van der Waals surface area contributed by atoms with Crippen molar-refractivity contribution in [2.75, 3.05) is 0 Å². The number of carbonyl (C=O) groups is 1. The third-order valence-electron chi connectivity index (χ3n) is 5.24. The summed E-state index contributed by atoms with van der Waals surface area (Å²) < 4.78 is 7.79. The van der Waals surface area contributed by atoms with E-state index >= 15 is 0 Å². The van der Waals surface area contributed by atoms with Crippen LogP contribution in [-0.4, -0.2) is 28.1 Å². The molecule has 4 rings (SSSR count). The monoisotopic (exact) mass is 600 g/mol. The Morgan fingerprint density at radius 3 is 2.32 bits per heavy atom. The van der Waals surface area contributed by atoms with E-state index in [1.165, 1.54) is 22.5 Å². The molecule has 0 aliphatic carbocycles. The van der Waals surface area contributed by atoms with Gasteiger partial charge < -0.3 is 4.74 Å². The van der Waals surface area contributed by atoms with Gasteiger partial charge in [0.1, 0.15) is 12.4 Å². The summed E-state index contributed by atoms with van der Waals surface area (Å²) in [6, 6.07) is 18.7. The molecule has 7 heteroatoms. The van der Waals surface area contributed by atoms with Crippen LogP contribution in [0.15, 0.2) is 73.4 Å². The van der Waals surface area contributed by atoms with Crippen molar-refractivity contribution in [1.82, 2.24) is 4.90 Å². The first-order valence-electron chi connectivity index (χ1n) is 11.1. The molecule has 0 radical (unpaired) electrons. The lowest BCUT2D eigenvalue weighted by atomic mass is 10.1. The predicted octanol–water partition coefficient (Wildman–Crippen LogP) is 8.03. The molecular weight excluding hydrogens is 576 g/mol. The lowest BCUT2D eigenvalue weighted by Crippen LogP contribution is -2.35. The molecule has 0 unspecified atom stereocenters. The molecule has 176 valence electrons. The molecule has 0 spiro atoms. The first kappa shape index (κ1) is 25.0. The summed E-state index contributed by atoms with van der Waals surface area (Å²) in [7, 11) is 0. The minimum Gasteiger partial charge on any atom is -0.487 e. The summed E-state index contributed by atoms with van der Waals surface area (Å²) in [5.74, 6) is 0.717. The van der Waals surface area contributed by atoms with Crippen LogP contribution in [0.4, 0.5) is 0 Å². The Kier molecular flexibility index (Phi) is 7.85. The highest BCUT2D eigenvalue weighted by atomic mass is 79.9. The number of nitrogens with zero attached hydrogens (tertiary/aromatic N) is 2. The summed E-state index contributed by atoms with van der Waals surface area (Å²) in [6.45, 7) is 8.50. The number of thioether (sulfide) groups is 1.